The van der Waals surface area contributed by atoms with E-state index in [-0.39, 0.29) is 11.8 Å². The van der Waals surface area contributed by atoms with E-state index >= 15 is 0 Å². The molecule has 2 rings (SSSR count). The molecule has 0 spiro atoms. The number of nitrogens with two attached hydrogens (primary N) is 2. The molecule has 1 aromatic carbocycles. The molecule has 1 aromatic rings. The summed E-state index contributed by atoms with van der Waals surface area (Å²) in [5.41, 5.74) is 11.5. The minimum atomic E-state index is -0.716. The summed E-state index contributed by atoms with van der Waals surface area (Å²) in [4.78, 5) is 12.5. The van der Waals surface area contributed by atoms with E-state index in [2.05, 4.69) is 0 Å². The number of carbonyl (C=O) groups excluding carboxylic acids is 1. The van der Waals surface area contributed by atoms with E-state index in [1.807, 2.05) is 0 Å². The molecule has 1 unspecified atom stereocenters. The van der Waals surface area contributed by atoms with Crippen LogP contribution in [0.5, 0.6) is 0 Å². The molecule has 1 aliphatic heterocycles. The van der Waals surface area contributed by atoms with Crippen LogP contribution in [-0.4, -0.2) is 31.7 Å². The Kier molecular flexibility index (Phi) is 3.26. The number of carbonyl (C=O) groups is 1. The van der Waals surface area contributed by atoms with E-state index in [4.69, 9.17) is 16.2 Å². The van der Waals surface area contributed by atoms with E-state index in [1.165, 1.54) is 12.1 Å². The van der Waals surface area contributed by atoms with Crippen LogP contribution in [0.3, 0.4) is 0 Å². The average Bonchev–Trinajstić information content (AvgIpc) is 2.76. The predicted octanol–water partition coefficient (Wildman–Crippen LogP) is 0.0968. The van der Waals surface area contributed by atoms with Gasteiger partial charge in [0.15, 0.2) is 12.5 Å². The van der Waals surface area contributed by atoms with Crippen LogP contribution in [0.15, 0.2) is 18.2 Å². The first kappa shape index (κ1) is 11.8. The van der Waals surface area contributed by atoms with Crippen LogP contribution in [0.1, 0.15) is 0 Å². The maximum atomic E-state index is 13.3. The zero-order valence-electron chi connectivity index (χ0n) is 9.17. The van der Waals surface area contributed by atoms with E-state index in [0.29, 0.717) is 25.1 Å². The van der Waals surface area contributed by atoms with Gasteiger partial charge in [-0.15, -0.1) is 0 Å². The lowest BCUT2D eigenvalue weighted by Crippen LogP contribution is -2.31. The smallest absolute Gasteiger partial charge is 0.187 e. The molecule has 5 nitrogen and oxygen atoms in total. The Labute approximate surface area is 98.1 Å². The molecule has 0 radical (unpaired) electrons. The Morgan fingerprint density at radius 3 is 2.94 bits per heavy atom. The number of hydrogen-bond donors (Lipinski definition) is 2. The molecule has 0 aliphatic carbocycles. The Morgan fingerprint density at radius 2 is 2.35 bits per heavy atom. The molecule has 1 heterocycles. The van der Waals surface area contributed by atoms with Gasteiger partial charge < -0.3 is 21.1 Å². The number of nitrogens with zero attached hydrogens (tertiary/aromatic N) is 1. The summed E-state index contributed by atoms with van der Waals surface area (Å²) >= 11 is 0. The lowest BCUT2D eigenvalue weighted by molar-refractivity contribution is -0.117. The van der Waals surface area contributed by atoms with Gasteiger partial charge in [0, 0.05) is 18.8 Å². The van der Waals surface area contributed by atoms with Gasteiger partial charge in [-0.25, -0.2) is 4.39 Å². The van der Waals surface area contributed by atoms with Crippen molar-refractivity contribution in [2.45, 2.75) is 12.3 Å². The number of halogens is 1. The molecular weight excluding hydrogens is 225 g/mol. The maximum Gasteiger partial charge on any atom is 0.187 e. The summed E-state index contributed by atoms with van der Waals surface area (Å²) in [5, 5.41) is 0. The Hall–Kier alpha value is -1.66. The molecule has 2 atom stereocenters. The quantitative estimate of drug-likeness (QED) is 0.577. The van der Waals surface area contributed by atoms with Crippen molar-refractivity contribution < 1.29 is 13.9 Å². The lowest BCUT2D eigenvalue weighted by atomic mass is 10.2. The Balaban J connectivity index is 2.25. The normalized spacial score (nSPS) is 24.0. The van der Waals surface area contributed by atoms with Gasteiger partial charge in [-0.2, -0.15) is 0 Å². The van der Waals surface area contributed by atoms with Crippen LogP contribution in [-0.2, 0) is 9.53 Å². The third-order valence-corrected chi connectivity index (χ3v) is 2.73. The second kappa shape index (κ2) is 4.68. The standard InChI is InChI=1S/C11H14FN3O2/c12-9-3-7(1-2-10(9)14)15-5-8(4-13)17-11(15)6-16/h1-3,6,8,11H,4-5,13-14H2/t8-,11?/m0/s1. The average molecular weight is 239 g/mol. The molecule has 6 heteroatoms. The number of rotatable bonds is 3. The van der Waals surface area contributed by atoms with E-state index in [9.17, 15) is 9.18 Å². The highest BCUT2D eigenvalue weighted by atomic mass is 19.1. The van der Waals surface area contributed by atoms with Crippen LogP contribution in [0.2, 0.25) is 0 Å². The molecular formula is C11H14FN3O2. The highest BCUT2D eigenvalue weighted by Crippen LogP contribution is 2.26. The number of ether oxygens (including phenoxy) is 1. The molecule has 92 valence electrons. The maximum absolute atomic E-state index is 13.3. The predicted molar refractivity (Wildman–Crippen MR) is 61.9 cm³/mol. The first-order valence-corrected chi connectivity index (χ1v) is 5.28. The van der Waals surface area contributed by atoms with Crippen molar-refractivity contribution in [3.05, 3.63) is 24.0 Å². The molecule has 1 aliphatic rings. The van der Waals surface area contributed by atoms with Crippen LogP contribution in [0.25, 0.3) is 0 Å². The first-order valence-electron chi connectivity index (χ1n) is 5.28. The molecule has 0 bridgehead atoms. The Morgan fingerprint density at radius 1 is 1.59 bits per heavy atom. The largest absolute Gasteiger partial charge is 0.396 e. The van der Waals surface area contributed by atoms with Crippen LogP contribution < -0.4 is 16.4 Å². The van der Waals surface area contributed by atoms with Crippen molar-refractivity contribution in [3.8, 4) is 0 Å². The van der Waals surface area contributed by atoms with Crippen LogP contribution >= 0.6 is 0 Å². The summed E-state index contributed by atoms with van der Waals surface area (Å²) in [6.07, 6.45) is -0.262. The van der Waals surface area contributed by atoms with Gasteiger partial charge in [0.2, 0.25) is 0 Å². The first-order chi connectivity index (χ1) is 8.15. The molecule has 0 saturated carbocycles. The van der Waals surface area contributed by atoms with Gasteiger partial charge in [-0.1, -0.05) is 0 Å². The third kappa shape index (κ3) is 2.22. The van der Waals surface area contributed by atoms with Crippen molar-refractivity contribution in [3.63, 3.8) is 0 Å². The molecule has 1 saturated heterocycles. The van der Waals surface area contributed by atoms with Gasteiger partial charge in [0.05, 0.1) is 11.8 Å². The second-order valence-electron chi connectivity index (χ2n) is 3.88. The van der Waals surface area contributed by atoms with Crippen molar-refractivity contribution in [1.29, 1.82) is 0 Å². The van der Waals surface area contributed by atoms with Crippen LogP contribution in [0, 0.1) is 5.82 Å². The highest BCUT2D eigenvalue weighted by Gasteiger charge is 2.32. The number of nitrogen functional groups attached to an aromatic ring is 1. The SMILES string of the molecule is NC[C@H]1CN(c2ccc(N)c(F)c2)C(C=O)O1. The molecule has 17 heavy (non-hydrogen) atoms. The van der Waals surface area contributed by atoms with E-state index in [1.54, 1.807) is 11.0 Å². The fourth-order valence-electron chi connectivity index (χ4n) is 1.82. The number of anilines is 2. The zero-order chi connectivity index (χ0) is 12.4. The van der Waals surface area contributed by atoms with E-state index in [0.717, 1.165) is 0 Å². The minimum absolute atomic E-state index is 0.0758. The summed E-state index contributed by atoms with van der Waals surface area (Å²) in [6.45, 7) is 0.779. The van der Waals surface area contributed by atoms with Crippen molar-refractivity contribution >= 4 is 17.7 Å². The summed E-state index contributed by atoms with van der Waals surface area (Å²) in [5.74, 6) is -0.511. The van der Waals surface area contributed by atoms with Gasteiger partial charge in [-0.05, 0) is 18.2 Å². The van der Waals surface area contributed by atoms with Gasteiger partial charge in [0.1, 0.15) is 5.82 Å². The number of aldehydes is 1. The minimum Gasteiger partial charge on any atom is -0.396 e. The van der Waals surface area contributed by atoms with Gasteiger partial charge >= 0.3 is 0 Å². The summed E-state index contributed by atoms with van der Waals surface area (Å²) in [6, 6.07) is 4.40. The molecule has 4 N–H and O–H groups in total. The lowest BCUT2D eigenvalue weighted by Gasteiger charge is -2.20. The summed E-state index contributed by atoms with van der Waals surface area (Å²) in [7, 11) is 0. The van der Waals surface area contributed by atoms with E-state index < -0.39 is 12.0 Å². The third-order valence-electron chi connectivity index (χ3n) is 2.73. The van der Waals surface area contributed by atoms with Crippen molar-refractivity contribution in [2.75, 3.05) is 23.7 Å². The number of benzene rings is 1. The van der Waals surface area contributed by atoms with Gasteiger partial charge in [0.25, 0.3) is 0 Å². The Bertz CT molecular complexity index is 427. The van der Waals surface area contributed by atoms with Crippen molar-refractivity contribution in [2.24, 2.45) is 5.73 Å². The van der Waals surface area contributed by atoms with Gasteiger partial charge in [-0.3, -0.25) is 4.79 Å². The fraction of sp³-hybridized carbons (Fsp3) is 0.364. The van der Waals surface area contributed by atoms with Crippen LogP contribution in [0.4, 0.5) is 15.8 Å². The number of hydrogen-bond acceptors (Lipinski definition) is 5. The molecule has 0 aromatic heterocycles. The monoisotopic (exact) mass is 239 g/mol. The zero-order valence-corrected chi connectivity index (χ0v) is 9.17. The van der Waals surface area contributed by atoms with Crippen molar-refractivity contribution in [1.82, 2.24) is 0 Å². The second-order valence-corrected chi connectivity index (χ2v) is 3.88. The topological polar surface area (TPSA) is 81.6 Å². The fourth-order valence-corrected chi connectivity index (χ4v) is 1.82. The molecule has 1 fully saturated rings. The molecule has 0 amide bonds. The highest BCUT2D eigenvalue weighted by molar-refractivity contribution is 5.66. The summed E-state index contributed by atoms with van der Waals surface area (Å²) < 4.78 is 18.7.